The van der Waals surface area contributed by atoms with E-state index in [-0.39, 0.29) is 28.6 Å². The van der Waals surface area contributed by atoms with Gasteiger partial charge in [-0.15, -0.1) is 0 Å². The van der Waals surface area contributed by atoms with Crippen LogP contribution in [0.3, 0.4) is 0 Å². The van der Waals surface area contributed by atoms with Gasteiger partial charge in [-0.05, 0) is 24.3 Å². The molecule has 0 aliphatic rings. The Morgan fingerprint density at radius 2 is 1.62 bits per heavy atom. The fraction of sp³-hybridized carbons (Fsp3) is 0. The lowest BCUT2D eigenvalue weighted by atomic mass is 10.0. The normalized spacial score (nSPS) is 10.2. The maximum Gasteiger partial charge on any atom is 0.166 e. The highest BCUT2D eigenvalue weighted by atomic mass is 16.3. The van der Waals surface area contributed by atoms with Crippen molar-refractivity contribution in [1.29, 1.82) is 0 Å². The van der Waals surface area contributed by atoms with Crippen LogP contribution in [0, 0.1) is 6.07 Å². The van der Waals surface area contributed by atoms with Gasteiger partial charge in [-0.2, -0.15) is 0 Å². The maximum absolute atomic E-state index is 9.60. The van der Waals surface area contributed by atoms with E-state index < -0.39 is 0 Å². The summed E-state index contributed by atoms with van der Waals surface area (Å²) in [5.41, 5.74) is 0.591. The first kappa shape index (κ1) is 10.2. The Kier molecular flexibility index (Phi) is 2.32. The molecule has 0 aliphatic carbocycles. The van der Waals surface area contributed by atoms with E-state index in [1.54, 1.807) is 0 Å². The fourth-order valence-corrected chi connectivity index (χ4v) is 1.44. The number of benzene rings is 2. The van der Waals surface area contributed by atoms with Gasteiger partial charge >= 0.3 is 0 Å². The van der Waals surface area contributed by atoms with E-state index in [2.05, 4.69) is 6.07 Å². The lowest BCUT2D eigenvalue weighted by Gasteiger charge is -2.08. The third-order valence-electron chi connectivity index (χ3n) is 2.22. The van der Waals surface area contributed by atoms with Crippen LogP contribution in [0.4, 0.5) is 0 Å². The van der Waals surface area contributed by atoms with Crippen molar-refractivity contribution in [2.75, 3.05) is 0 Å². The van der Waals surface area contributed by atoms with Gasteiger partial charge in [0.05, 0.1) is 0 Å². The first-order valence-corrected chi connectivity index (χ1v) is 4.54. The van der Waals surface area contributed by atoms with Crippen LogP contribution < -0.4 is 0 Å². The number of phenols is 4. The largest absolute Gasteiger partial charge is 0.508 e. The van der Waals surface area contributed by atoms with Crippen molar-refractivity contribution in [1.82, 2.24) is 0 Å². The van der Waals surface area contributed by atoms with Gasteiger partial charge < -0.3 is 20.4 Å². The summed E-state index contributed by atoms with van der Waals surface area (Å²) in [6.07, 6.45) is 0. The summed E-state index contributed by atoms with van der Waals surface area (Å²) >= 11 is 0. The lowest BCUT2D eigenvalue weighted by molar-refractivity contribution is 0.404. The van der Waals surface area contributed by atoms with Gasteiger partial charge in [-0.3, -0.25) is 0 Å². The van der Waals surface area contributed by atoms with Gasteiger partial charge in [0.2, 0.25) is 0 Å². The predicted octanol–water partition coefficient (Wildman–Crippen LogP) is 1.98. The smallest absolute Gasteiger partial charge is 0.166 e. The Labute approximate surface area is 91.7 Å². The van der Waals surface area contributed by atoms with Gasteiger partial charge in [0.15, 0.2) is 11.5 Å². The Hall–Kier alpha value is -2.36. The van der Waals surface area contributed by atoms with Crippen LogP contribution in [0.15, 0.2) is 30.3 Å². The molecule has 0 aromatic heterocycles. The minimum absolute atomic E-state index is 0.0764. The molecule has 0 saturated carbocycles. The van der Waals surface area contributed by atoms with E-state index in [1.165, 1.54) is 24.3 Å². The number of phenolic OH excluding ortho intramolecular Hbond substituents is 4. The van der Waals surface area contributed by atoms with E-state index in [0.717, 1.165) is 6.07 Å². The zero-order valence-electron chi connectivity index (χ0n) is 8.18. The van der Waals surface area contributed by atoms with Crippen molar-refractivity contribution in [2.24, 2.45) is 0 Å². The van der Waals surface area contributed by atoms with Gasteiger partial charge in [0.1, 0.15) is 11.5 Å². The summed E-state index contributed by atoms with van der Waals surface area (Å²) in [5.74, 6) is -0.998. The third kappa shape index (κ3) is 1.61. The molecular weight excluding hydrogens is 208 g/mol. The molecule has 81 valence electrons. The molecule has 0 spiro atoms. The minimum Gasteiger partial charge on any atom is -0.508 e. The summed E-state index contributed by atoms with van der Waals surface area (Å²) in [5, 5.41) is 37.6. The molecule has 0 bridgehead atoms. The number of aromatic hydroxyl groups is 4. The molecule has 0 saturated heterocycles. The molecule has 0 unspecified atom stereocenters. The van der Waals surface area contributed by atoms with Crippen molar-refractivity contribution in [3.8, 4) is 34.1 Å². The van der Waals surface area contributed by atoms with E-state index in [4.69, 9.17) is 5.11 Å². The van der Waals surface area contributed by atoms with Crippen molar-refractivity contribution >= 4 is 0 Å². The summed E-state index contributed by atoms with van der Waals surface area (Å²) in [7, 11) is 0. The van der Waals surface area contributed by atoms with Crippen LogP contribution >= 0.6 is 0 Å². The highest BCUT2D eigenvalue weighted by molar-refractivity contribution is 5.77. The molecule has 1 radical (unpaired) electrons. The van der Waals surface area contributed by atoms with Crippen LogP contribution in [0.5, 0.6) is 23.0 Å². The summed E-state index contributed by atoms with van der Waals surface area (Å²) in [6, 6.07) is 9.32. The van der Waals surface area contributed by atoms with Crippen LogP contribution in [0.1, 0.15) is 0 Å². The van der Waals surface area contributed by atoms with Crippen LogP contribution in [-0.2, 0) is 0 Å². The van der Waals surface area contributed by atoms with E-state index in [9.17, 15) is 15.3 Å². The molecule has 0 heterocycles. The van der Waals surface area contributed by atoms with Crippen molar-refractivity contribution in [2.45, 2.75) is 0 Å². The SMILES string of the molecule is Oc1ccc(-c2cc[c]c(O)c2O)c(O)c1. The zero-order chi connectivity index (χ0) is 11.7. The molecule has 0 aliphatic heterocycles. The Balaban J connectivity index is 2.63. The van der Waals surface area contributed by atoms with E-state index >= 15 is 0 Å². The highest BCUT2D eigenvalue weighted by Gasteiger charge is 2.12. The molecule has 4 N–H and O–H groups in total. The molecule has 2 rings (SSSR count). The molecule has 2 aromatic carbocycles. The summed E-state index contributed by atoms with van der Waals surface area (Å²) < 4.78 is 0. The lowest BCUT2D eigenvalue weighted by Crippen LogP contribution is -1.81. The predicted molar refractivity (Wildman–Crippen MR) is 57.4 cm³/mol. The second-order valence-corrected chi connectivity index (χ2v) is 3.29. The molecule has 16 heavy (non-hydrogen) atoms. The van der Waals surface area contributed by atoms with E-state index in [1.807, 2.05) is 0 Å². The Morgan fingerprint density at radius 1 is 0.875 bits per heavy atom. The molecule has 0 atom stereocenters. The number of rotatable bonds is 1. The van der Waals surface area contributed by atoms with Crippen LogP contribution in [-0.4, -0.2) is 20.4 Å². The van der Waals surface area contributed by atoms with Gasteiger partial charge in [0, 0.05) is 23.3 Å². The van der Waals surface area contributed by atoms with Gasteiger partial charge in [-0.1, -0.05) is 0 Å². The van der Waals surface area contributed by atoms with Crippen LogP contribution in [0.25, 0.3) is 11.1 Å². The molecule has 2 aromatic rings. The monoisotopic (exact) mass is 217 g/mol. The molecule has 0 fully saturated rings. The molecule has 4 heteroatoms. The first-order valence-electron chi connectivity index (χ1n) is 4.54. The minimum atomic E-state index is -0.384. The average Bonchev–Trinajstić information content (AvgIpc) is 2.23. The topological polar surface area (TPSA) is 80.9 Å². The second-order valence-electron chi connectivity index (χ2n) is 3.29. The van der Waals surface area contributed by atoms with Crippen molar-refractivity contribution in [3.63, 3.8) is 0 Å². The molecule has 4 nitrogen and oxygen atoms in total. The molecular formula is C12H9O4. The second kappa shape index (κ2) is 3.66. The van der Waals surface area contributed by atoms with Crippen LogP contribution in [0.2, 0.25) is 0 Å². The Morgan fingerprint density at radius 3 is 2.31 bits per heavy atom. The van der Waals surface area contributed by atoms with Gasteiger partial charge in [-0.25, -0.2) is 0 Å². The van der Waals surface area contributed by atoms with E-state index in [0.29, 0.717) is 5.56 Å². The first-order chi connectivity index (χ1) is 7.59. The third-order valence-corrected chi connectivity index (χ3v) is 2.22. The molecule has 0 amide bonds. The van der Waals surface area contributed by atoms with Crippen molar-refractivity contribution in [3.05, 3.63) is 36.4 Å². The van der Waals surface area contributed by atoms with Gasteiger partial charge in [0.25, 0.3) is 0 Å². The number of hydrogen-bond acceptors (Lipinski definition) is 4. The average molecular weight is 217 g/mol. The standard InChI is InChI=1S/C12H9O4/c13-7-4-5-8(11(15)6-7)9-2-1-3-10(14)12(9)16/h1-2,4-6,13-16H. The highest BCUT2D eigenvalue weighted by Crippen LogP contribution is 2.40. The quantitative estimate of drug-likeness (QED) is 0.550. The van der Waals surface area contributed by atoms with Crippen molar-refractivity contribution < 1.29 is 20.4 Å². The summed E-state index contributed by atoms with van der Waals surface area (Å²) in [6.45, 7) is 0. The fourth-order valence-electron chi connectivity index (χ4n) is 1.44. The zero-order valence-corrected chi connectivity index (χ0v) is 8.18. The number of hydrogen-bond donors (Lipinski definition) is 4. The maximum atomic E-state index is 9.60. The Bertz CT molecular complexity index is 535. The summed E-state index contributed by atoms with van der Waals surface area (Å²) in [4.78, 5) is 0.